The monoisotopic (exact) mass is 416 g/mol. The van der Waals surface area contributed by atoms with Crippen molar-refractivity contribution in [1.29, 1.82) is 0 Å². The van der Waals surface area contributed by atoms with Crippen molar-refractivity contribution < 1.29 is 27.4 Å². The second-order valence-electron chi connectivity index (χ2n) is 7.64. The van der Waals surface area contributed by atoms with Gasteiger partial charge in [-0.25, -0.2) is 9.79 Å². The van der Waals surface area contributed by atoms with Crippen molar-refractivity contribution in [2.45, 2.75) is 39.1 Å². The number of guanidine groups is 1. The summed E-state index contributed by atoms with van der Waals surface area (Å²) in [6.45, 7) is 6.00. The number of amides is 1. The number of nitrogens with two attached hydrogens (primary N) is 1. The summed E-state index contributed by atoms with van der Waals surface area (Å²) in [5, 5.41) is 0. The van der Waals surface area contributed by atoms with Crippen molar-refractivity contribution in [2.24, 2.45) is 10.7 Å². The molecule has 1 heterocycles. The van der Waals surface area contributed by atoms with Gasteiger partial charge in [-0.05, 0) is 26.8 Å². The SMILES string of the molecule is CC(C)(C)OC(=O)N1CCN(C(N)=NCc2ccccc2OCC(F)(F)F)CC1. The van der Waals surface area contributed by atoms with Crippen molar-refractivity contribution in [2.75, 3.05) is 32.8 Å². The Morgan fingerprint density at radius 3 is 2.28 bits per heavy atom. The summed E-state index contributed by atoms with van der Waals surface area (Å²) in [4.78, 5) is 19.8. The van der Waals surface area contributed by atoms with Crippen LogP contribution in [0.15, 0.2) is 29.3 Å². The Bertz CT molecular complexity index is 724. The van der Waals surface area contributed by atoms with E-state index in [0.29, 0.717) is 31.7 Å². The van der Waals surface area contributed by atoms with Gasteiger partial charge >= 0.3 is 12.3 Å². The van der Waals surface area contributed by atoms with Gasteiger partial charge in [0, 0.05) is 31.7 Å². The van der Waals surface area contributed by atoms with E-state index in [4.69, 9.17) is 15.2 Å². The first-order chi connectivity index (χ1) is 13.4. The van der Waals surface area contributed by atoms with E-state index in [1.165, 1.54) is 6.07 Å². The number of halogens is 3. The number of hydrogen-bond acceptors (Lipinski definition) is 4. The number of para-hydroxylation sites is 1. The summed E-state index contributed by atoms with van der Waals surface area (Å²) in [6.07, 6.45) is -4.79. The van der Waals surface area contributed by atoms with Gasteiger partial charge < -0.3 is 25.0 Å². The maximum absolute atomic E-state index is 12.4. The Balaban J connectivity index is 1.91. The van der Waals surface area contributed by atoms with Gasteiger partial charge in [-0.15, -0.1) is 0 Å². The van der Waals surface area contributed by atoms with Crippen LogP contribution in [-0.4, -0.2) is 66.4 Å². The highest BCUT2D eigenvalue weighted by atomic mass is 19.4. The molecule has 29 heavy (non-hydrogen) atoms. The molecule has 0 radical (unpaired) electrons. The van der Waals surface area contributed by atoms with Crippen LogP contribution in [0.25, 0.3) is 0 Å². The summed E-state index contributed by atoms with van der Waals surface area (Å²) in [6, 6.07) is 6.40. The lowest BCUT2D eigenvalue weighted by molar-refractivity contribution is -0.153. The van der Waals surface area contributed by atoms with E-state index in [1.54, 1.807) is 23.1 Å². The number of ether oxygens (including phenoxy) is 2. The van der Waals surface area contributed by atoms with Crippen molar-refractivity contribution in [3.63, 3.8) is 0 Å². The fourth-order valence-corrected chi connectivity index (χ4v) is 2.65. The van der Waals surface area contributed by atoms with Crippen LogP contribution in [0, 0.1) is 0 Å². The van der Waals surface area contributed by atoms with Crippen molar-refractivity contribution in [3.05, 3.63) is 29.8 Å². The minimum absolute atomic E-state index is 0.0894. The third-order valence-electron chi connectivity index (χ3n) is 4.03. The molecule has 0 bridgehead atoms. The minimum Gasteiger partial charge on any atom is -0.484 e. The smallest absolute Gasteiger partial charge is 0.422 e. The summed E-state index contributed by atoms with van der Waals surface area (Å²) in [5.41, 5.74) is 5.98. The average molecular weight is 416 g/mol. The number of carbonyl (C=O) groups is 1. The first-order valence-corrected chi connectivity index (χ1v) is 9.25. The number of benzene rings is 1. The van der Waals surface area contributed by atoms with Crippen molar-refractivity contribution in [1.82, 2.24) is 9.80 Å². The number of hydrogen-bond donors (Lipinski definition) is 1. The molecule has 1 aromatic rings. The lowest BCUT2D eigenvalue weighted by Crippen LogP contribution is -2.53. The van der Waals surface area contributed by atoms with E-state index in [0.717, 1.165) is 0 Å². The summed E-state index contributed by atoms with van der Waals surface area (Å²) in [7, 11) is 0. The van der Waals surface area contributed by atoms with Crippen LogP contribution in [0.4, 0.5) is 18.0 Å². The number of nitrogens with zero attached hydrogens (tertiary/aromatic N) is 3. The molecule has 1 aliphatic heterocycles. The first-order valence-electron chi connectivity index (χ1n) is 9.25. The van der Waals surface area contributed by atoms with Gasteiger partial charge in [0.1, 0.15) is 11.4 Å². The van der Waals surface area contributed by atoms with E-state index in [-0.39, 0.29) is 24.3 Å². The molecule has 1 amide bonds. The normalized spacial score (nSPS) is 16.0. The van der Waals surface area contributed by atoms with E-state index in [1.807, 2.05) is 25.7 Å². The standard InChI is InChI=1S/C19H27F3N4O3/c1-18(2,3)29-17(27)26-10-8-25(9-11-26)16(23)24-12-14-6-4-5-7-15(14)28-13-19(20,21)22/h4-7H,8-13H2,1-3H3,(H2,23,24). The van der Waals surface area contributed by atoms with E-state index in [2.05, 4.69) is 4.99 Å². The molecule has 1 fully saturated rings. The molecule has 0 spiro atoms. The Kier molecular flexibility index (Phi) is 7.21. The predicted octanol–water partition coefficient (Wildman–Crippen LogP) is 3.00. The first kappa shape index (κ1) is 22.6. The van der Waals surface area contributed by atoms with Gasteiger partial charge in [0.05, 0.1) is 6.54 Å². The molecule has 1 aromatic carbocycles. The van der Waals surface area contributed by atoms with Crippen molar-refractivity contribution in [3.8, 4) is 5.75 Å². The van der Waals surface area contributed by atoms with Crippen LogP contribution in [0.5, 0.6) is 5.75 Å². The molecule has 0 unspecified atom stereocenters. The van der Waals surface area contributed by atoms with Crippen LogP contribution in [0.1, 0.15) is 26.3 Å². The number of aliphatic imine (C=N–C) groups is 1. The maximum Gasteiger partial charge on any atom is 0.422 e. The number of carbonyl (C=O) groups excluding carboxylic acids is 1. The van der Waals surface area contributed by atoms with Crippen LogP contribution in [-0.2, 0) is 11.3 Å². The Labute approximate surface area is 168 Å². The highest BCUT2D eigenvalue weighted by Gasteiger charge is 2.29. The Hall–Kier alpha value is -2.65. The third kappa shape index (κ3) is 7.71. The second kappa shape index (κ2) is 9.23. The minimum atomic E-state index is -4.41. The zero-order valence-corrected chi connectivity index (χ0v) is 16.8. The number of alkyl halides is 3. The topological polar surface area (TPSA) is 80.4 Å². The molecule has 1 saturated heterocycles. The third-order valence-corrected chi connectivity index (χ3v) is 4.03. The van der Waals surface area contributed by atoms with Gasteiger partial charge in [-0.1, -0.05) is 18.2 Å². The second-order valence-corrected chi connectivity index (χ2v) is 7.64. The lowest BCUT2D eigenvalue weighted by atomic mass is 10.2. The number of rotatable bonds is 4. The molecular weight excluding hydrogens is 389 g/mol. The molecular formula is C19H27F3N4O3. The van der Waals surface area contributed by atoms with Crippen LogP contribution >= 0.6 is 0 Å². The van der Waals surface area contributed by atoms with E-state index in [9.17, 15) is 18.0 Å². The average Bonchev–Trinajstić information content (AvgIpc) is 2.63. The predicted molar refractivity (Wildman–Crippen MR) is 103 cm³/mol. The quantitative estimate of drug-likeness (QED) is 0.603. The molecule has 2 N–H and O–H groups in total. The zero-order chi connectivity index (χ0) is 21.7. The largest absolute Gasteiger partial charge is 0.484 e. The highest BCUT2D eigenvalue weighted by Crippen LogP contribution is 2.23. The van der Waals surface area contributed by atoms with Crippen LogP contribution < -0.4 is 10.5 Å². The zero-order valence-electron chi connectivity index (χ0n) is 16.8. The van der Waals surface area contributed by atoms with Gasteiger partial charge in [-0.2, -0.15) is 13.2 Å². The molecule has 0 aliphatic carbocycles. The van der Waals surface area contributed by atoms with Crippen molar-refractivity contribution >= 4 is 12.1 Å². The Morgan fingerprint density at radius 1 is 1.10 bits per heavy atom. The van der Waals surface area contributed by atoms with Gasteiger partial charge in [-0.3, -0.25) is 0 Å². The Morgan fingerprint density at radius 2 is 1.69 bits per heavy atom. The van der Waals surface area contributed by atoms with Gasteiger partial charge in [0.2, 0.25) is 0 Å². The van der Waals surface area contributed by atoms with Gasteiger partial charge in [0.25, 0.3) is 0 Å². The summed E-state index contributed by atoms with van der Waals surface area (Å²) >= 11 is 0. The number of piperazine rings is 1. The highest BCUT2D eigenvalue weighted by molar-refractivity contribution is 5.78. The fourth-order valence-electron chi connectivity index (χ4n) is 2.65. The van der Waals surface area contributed by atoms with Gasteiger partial charge in [0.15, 0.2) is 12.6 Å². The maximum atomic E-state index is 12.4. The molecule has 0 saturated carbocycles. The molecule has 0 aromatic heterocycles. The fraction of sp³-hybridized carbons (Fsp3) is 0.579. The van der Waals surface area contributed by atoms with E-state index < -0.39 is 18.4 Å². The molecule has 162 valence electrons. The van der Waals surface area contributed by atoms with Crippen LogP contribution in [0.2, 0.25) is 0 Å². The lowest BCUT2D eigenvalue weighted by Gasteiger charge is -2.36. The van der Waals surface area contributed by atoms with E-state index >= 15 is 0 Å². The molecule has 0 atom stereocenters. The summed E-state index contributed by atoms with van der Waals surface area (Å²) in [5.74, 6) is 0.385. The molecule has 1 aliphatic rings. The van der Waals surface area contributed by atoms with Crippen LogP contribution in [0.3, 0.4) is 0 Å². The summed E-state index contributed by atoms with van der Waals surface area (Å²) < 4.78 is 47.4. The molecule has 2 rings (SSSR count). The molecule has 10 heteroatoms. The molecule has 7 nitrogen and oxygen atoms in total.